The maximum Gasteiger partial charge on any atom is 0.163 e. The van der Waals surface area contributed by atoms with Crippen LogP contribution in [0.5, 0.6) is 0 Å². The van der Waals surface area contributed by atoms with Crippen LogP contribution < -0.4 is 5.32 Å². The quantitative estimate of drug-likeness (QED) is 0.684. The van der Waals surface area contributed by atoms with Gasteiger partial charge in [0.15, 0.2) is 5.82 Å². The van der Waals surface area contributed by atoms with Gasteiger partial charge >= 0.3 is 0 Å². The molecular weight excluding hydrogens is 384 g/mol. The predicted molar refractivity (Wildman–Crippen MR) is 121 cm³/mol. The summed E-state index contributed by atoms with van der Waals surface area (Å²) in [5.41, 5.74) is 4.87. The molecule has 1 saturated heterocycles. The van der Waals surface area contributed by atoms with E-state index >= 15 is 0 Å². The Hall–Kier alpha value is -2.86. The van der Waals surface area contributed by atoms with Gasteiger partial charge in [0.2, 0.25) is 0 Å². The Labute approximate surface area is 183 Å². The van der Waals surface area contributed by atoms with E-state index in [0.717, 1.165) is 55.4 Å². The summed E-state index contributed by atoms with van der Waals surface area (Å²) in [6.45, 7) is 3.08. The third-order valence-electron chi connectivity index (χ3n) is 6.97. The smallest absolute Gasteiger partial charge is 0.163 e. The minimum Gasteiger partial charge on any atom is -0.367 e. The van der Waals surface area contributed by atoms with Gasteiger partial charge in [0.1, 0.15) is 5.82 Å². The highest BCUT2D eigenvalue weighted by atomic mass is 15.2. The van der Waals surface area contributed by atoms with E-state index < -0.39 is 0 Å². The largest absolute Gasteiger partial charge is 0.367 e. The van der Waals surface area contributed by atoms with Gasteiger partial charge in [-0.1, -0.05) is 6.07 Å². The highest BCUT2D eigenvalue weighted by molar-refractivity contribution is 5.62. The van der Waals surface area contributed by atoms with Crippen LogP contribution in [0, 0.1) is 0 Å². The van der Waals surface area contributed by atoms with Gasteiger partial charge in [-0.2, -0.15) is 0 Å². The van der Waals surface area contributed by atoms with E-state index in [1.165, 1.54) is 36.9 Å². The zero-order valence-electron chi connectivity index (χ0n) is 17.8. The molecule has 2 aliphatic carbocycles. The molecule has 2 fully saturated rings. The molecule has 3 aliphatic rings. The number of rotatable bonds is 5. The van der Waals surface area contributed by atoms with E-state index in [1.807, 2.05) is 24.5 Å². The fraction of sp³-hybridized carbons (Fsp3) is 0.440. The SMILES string of the molecule is c1ccc(CN2CCCC3(CCc4c(NC5CC5)nc(-c5cccnc5)nc43)C2)nc1. The Kier molecular flexibility index (Phi) is 4.68. The summed E-state index contributed by atoms with van der Waals surface area (Å²) in [6, 6.07) is 10.8. The first-order chi connectivity index (χ1) is 15.3. The summed E-state index contributed by atoms with van der Waals surface area (Å²) in [6.07, 6.45) is 12.7. The molecule has 31 heavy (non-hydrogen) atoms. The fourth-order valence-corrected chi connectivity index (χ4v) is 5.29. The number of pyridine rings is 2. The lowest BCUT2D eigenvalue weighted by Crippen LogP contribution is -2.45. The molecule has 1 unspecified atom stereocenters. The van der Waals surface area contributed by atoms with E-state index in [2.05, 4.69) is 38.4 Å². The molecule has 3 aromatic heterocycles. The number of piperidine rings is 1. The van der Waals surface area contributed by atoms with Gasteiger partial charge in [-0.25, -0.2) is 9.97 Å². The molecule has 1 saturated carbocycles. The molecule has 1 N–H and O–H groups in total. The number of anilines is 1. The van der Waals surface area contributed by atoms with E-state index in [-0.39, 0.29) is 5.41 Å². The normalized spacial score (nSPS) is 23.1. The van der Waals surface area contributed by atoms with Crippen LogP contribution in [0.1, 0.15) is 49.1 Å². The third-order valence-corrected chi connectivity index (χ3v) is 6.97. The van der Waals surface area contributed by atoms with E-state index in [4.69, 9.17) is 9.97 Å². The Morgan fingerprint density at radius 3 is 2.84 bits per heavy atom. The van der Waals surface area contributed by atoms with Crippen LogP contribution in [0.4, 0.5) is 5.82 Å². The van der Waals surface area contributed by atoms with Crippen molar-refractivity contribution in [1.82, 2.24) is 24.8 Å². The molecule has 0 aromatic carbocycles. The molecule has 6 heteroatoms. The molecule has 6 rings (SSSR count). The van der Waals surface area contributed by atoms with Crippen molar-refractivity contribution in [2.45, 2.75) is 56.5 Å². The molecule has 1 aliphatic heterocycles. The van der Waals surface area contributed by atoms with Gasteiger partial charge in [0.25, 0.3) is 0 Å². The van der Waals surface area contributed by atoms with Crippen LogP contribution in [-0.4, -0.2) is 44.0 Å². The summed E-state index contributed by atoms with van der Waals surface area (Å²) in [4.78, 5) is 21.6. The summed E-state index contributed by atoms with van der Waals surface area (Å²) in [5.74, 6) is 1.86. The highest BCUT2D eigenvalue weighted by Crippen LogP contribution is 2.47. The number of nitrogens with one attached hydrogen (secondary N) is 1. The summed E-state index contributed by atoms with van der Waals surface area (Å²) in [5, 5.41) is 3.70. The van der Waals surface area contributed by atoms with Gasteiger partial charge in [0, 0.05) is 54.3 Å². The van der Waals surface area contributed by atoms with Crippen LogP contribution in [0.15, 0.2) is 48.9 Å². The van der Waals surface area contributed by atoms with Crippen molar-refractivity contribution in [1.29, 1.82) is 0 Å². The van der Waals surface area contributed by atoms with E-state index in [0.29, 0.717) is 6.04 Å². The molecule has 0 radical (unpaired) electrons. The zero-order chi connectivity index (χ0) is 20.7. The highest BCUT2D eigenvalue weighted by Gasteiger charge is 2.45. The van der Waals surface area contributed by atoms with Crippen LogP contribution in [0.3, 0.4) is 0 Å². The Morgan fingerprint density at radius 2 is 2.03 bits per heavy atom. The maximum atomic E-state index is 5.20. The first-order valence-corrected chi connectivity index (χ1v) is 11.5. The monoisotopic (exact) mass is 412 g/mol. The number of fused-ring (bicyclic) bond motifs is 2. The van der Waals surface area contributed by atoms with E-state index in [1.54, 1.807) is 6.20 Å². The average Bonchev–Trinajstić information content (AvgIpc) is 3.57. The van der Waals surface area contributed by atoms with Gasteiger partial charge in [-0.3, -0.25) is 14.9 Å². The predicted octanol–water partition coefficient (Wildman–Crippen LogP) is 3.99. The Bertz CT molecular complexity index is 1070. The van der Waals surface area contributed by atoms with Gasteiger partial charge < -0.3 is 5.32 Å². The van der Waals surface area contributed by atoms with Gasteiger partial charge in [-0.15, -0.1) is 0 Å². The van der Waals surface area contributed by atoms with Crippen molar-refractivity contribution in [3.05, 3.63) is 65.9 Å². The molecular formula is C25H28N6. The number of likely N-dealkylation sites (tertiary alicyclic amines) is 1. The zero-order valence-corrected chi connectivity index (χ0v) is 17.8. The second kappa shape index (κ2) is 7.68. The lowest BCUT2D eigenvalue weighted by molar-refractivity contribution is 0.135. The fourth-order valence-electron chi connectivity index (χ4n) is 5.29. The summed E-state index contributed by atoms with van der Waals surface area (Å²) in [7, 11) is 0. The molecule has 1 spiro atoms. The average molecular weight is 413 g/mol. The van der Waals surface area contributed by atoms with Crippen molar-refractivity contribution in [2.75, 3.05) is 18.4 Å². The molecule has 1 atom stereocenters. The third kappa shape index (κ3) is 3.69. The Morgan fingerprint density at radius 1 is 1.06 bits per heavy atom. The second-order valence-corrected chi connectivity index (χ2v) is 9.30. The topological polar surface area (TPSA) is 66.8 Å². The van der Waals surface area contributed by atoms with Crippen LogP contribution in [0.2, 0.25) is 0 Å². The van der Waals surface area contributed by atoms with E-state index in [9.17, 15) is 0 Å². The molecule has 0 amide bonds. The molecule has 4 heterocycles. The summed E-state index contributed by atoms with van der Waals surface area (Å²) < 4.78 is 0. The minimum atomic E-state index is 0.113. The first kappa shape index (κ1) is 18.9. The number of hydrogen-bond acceptors (Lipinski definition) is 6. The molecule has 6 nitrogen and oxygen atoms in total. The maximum absolute atomic E-state index is 5.20. The van der Waals surface area contributed by atoms with Gasteiger partial charge in [-0.05, 0) is 69.3 Å². The minimum absolute atomic E-state index is 0.113. The first-order valence-electron chi connectivity index (χ1n) is 11.5. The molecule has 0 bridgehead atoms. The van der Waals surface area contributed by atoms with Crippen LogP contribution >= 0.6 is 0 Å². The molecule has 3 aromatic rings. The lowest BCUT2D eigenvalue weighted by atomic mass is 9.77. The second-order valence-electron chi connectivity index (χ2n) is 9.30. The van der Waals surface area contributed by atoms with Crippen molar-refractivity contribution in [3.8, 4) is 11.4 Å². The van der Waals surface area contributed by atoms with Crippen molar-refractivity contribution in [2.24, 2.45) is 0 Å². The number of hydrogen-bond donors (Lipinski definition) is 1. The number of aromatic nitrogens is 4. The number of nitrogens with zero attached hydrogens (tertiary/aromatic N) is 5. The van der Waals surface area contributed by atoms with Crippen LogP contribution in [-0.2, 0) is 18.4 Å². The molecule has 158 valence electrons. The van der Waals surface area contributed by atoms with Gasteiger partial charge in [0.05, 0.1) is 11.4 Å². The van der Waals surface area contributed by atoms with Crippen LogP contribution in [0.25, 0.3) is 11.4 Å². The Balaban J connectivity index is 1.36. The van der Waals surface area contributed by atoms with Crippen molar-refractivity contribution < 1.29 is 0 Å². The van der Waals surface area contributed by atoms with Crippen molar-refractivity contribution in [3.63, 3.8) is 0 Å². The standard InChI is InChI=1S/C25H28N6/c1-2-13-27-20(6-1)16-31-14-4-10-25(17-31)11-9-21-22(25)29-23(18-5-3-12-26-15-18)30-24(21)28-19-7-8-19/h1-3,5-6,12-13,15,19H,4,7-11,14,16-17H2,(H,28,29,30). The van der Waals surface area contributed by atoms with Crippen molar-refractivity contribution >= 4 is 5.82 Å². The lowest BCUT2D eigenvalue weighted by Gasteiger charge is -2.40. The summed E-state index contributed by atoms with van der Waals surface area (Å²) >= 11 is 0.